The van der Waals surface area contributed by atoms with Gasteiger partial charge in [0.25, 0.3) is 11.8 Å². The summed E-state index contributed by atoms with van der Waals surface area (Å²) in [6.07, 6.45) is 4.92. The first-order chi connectivity index (χ1) is 63.9. The number of piperidine rings is 4. The monoisotopic (exact) mass is 2020 g/mol. The van der Waals surface area contributed by atoms with E-state index in [9.17, 15) is 72.7 Å². The van der Waals surface area contributed by atoms with Gasteiger partial charge in [0, 0.05) is 114 Å². The van der Waals surface area contributed by atoms with Crippen molar-refractivity contribution in [1.29, 1.82) is 21.0 Å². The van der Waals surface area contributed by atoms with Crippen LogP contribution in [0.15, 0.2) is 220 Å². The first-order valence-electron chi connectivity index (χ1n) is 42.7. The molecule has 10 aromatic carbocycles. The van der Waals surface area contributed by atoms with Gasteiger partial charge in [-0.15, -0.1) is 0 Å². The number of halogens is 4. The summed E-state index contributed by atoms with van der Waals surface area (Å²) in [5, 5.41) is 42.9. The van der Waals surface area contributed by atoms with Gasteiger partial charge in [-0.05, 0) is 304 Å². The van der Waals surface area contributed by atoms with Gasteiger partial charge in [0.05, 0.1) is 52.8 Å². The number of nitrogens with zero attached hydrogens (tertiary/aromatic N) is 8. The second-order valence-electron chi connectivity index (χ2n) is 33.0. The summed E-state index contributed by atoms with van der Waals surface area (Å²) >= 11 is 29.8. The van der Waals surface area contributed by atoms with Crippen LogP contribution in [0.3, 0.4) is 0 Å². The number of nitriles is 4. The number of ether oxygens (including phenoxy) is 4. The Kier molecular flexibility index (Phi) is 35.9. The Hall–Kier alpha value is -11.3. The zero-order chi connectivity index (χ0) is 97.9. The van der Waals surface area contributed by atoms with Crippen LogP contribution in [0.4, 0.5) is 0 Å². The van der Waals surface area contributed by atoms with Gasteiger partial charge in [-0.2, -0.15) is 21.0 Å². The van der Waals surface area contributed by atoms with Crippen LogP contribution in [-0.4, -0.2) is 167 Å². The van der Waals surface area contributed by atoms with Gasteiger partial charge >= 0.3 is 0 Å². The van der Waals surface area contributed by atoms with E-state index in [1.807, 2.05) is 108 Å². The fraction of sp³-hybridized carbons (Fsp3) is 0.302. The number of sulfonamides is 5. The van der Waals surface area contributed by atoms with Gasteiger partial charge in [-0.1, -0.05) is 82.3 Å². The van der Waals surface area contributed by atoms with Crippen LogP contribution in [0, 0.1) is 79.9 Å². The second kappa shape index (κ2) is 46.5. The average Bonchev–Trinajstić information content (AvgIpc) is 0.801. The third-order valence-electron chi connectivity index (χ3n) is 21.7. The summed E-state index contributed by atoms with van der Waals surface area (Å²) in [5.41, 5.74) is 6.54. The summed E-state index contributed by atoms with van der Waals surface area (Å²) in [6, 6.07) is 60.5. The van der Waals surface area contributed by atoms with Gasteiger partial charge < -0.3 is 39.0 Å². The first-order valence-corrected chi connectivity index (χ1v) is 52.4. The molecule has 135 heavy (non-hydrogen) atoms. The normalized spacial score (nSPS) is 14.8. The molecule has 708 valence electrons. The maximum absolute atomic E-state index is 13.4. The van der Waals surface area contributed by atoms with Crippen molar-refractivity contribution in [1.82, 2.24) is 43.2 Å². The van der Waals surface area contributed by atoms with E-state index in [1.54, 1.807) is 107 Å². The summed E-state index contributed by atoms with van der Waals surface area (Å²) < 4.78 is 165. The van der Waals surface area contributed by atoms with Crippen LogP contribution in [-0.2, 0) is 50.1 Å². The Bertz CT molecular complexity index is 6750. The molecule has 4 saturated heterocycles. The van der Waals surface area contributed by atoms with Crippen molar-refractivity contribution in [2.45, 2.75) is 150 Å². The molecule has 0 aliphatic carbocycles. The van der Waals surface area contributed by atoms with Crippen molar-refractivity contribution in [3.05, 3.63) is 281 Å². The molecule has 0 spiro atoms. The number of hydrogen-bond acceptors (Lipinski definition) is 21. The molecule has 0 atom stereocenters. The van der Waals surface area contributed by atoms with Crippen molar-refractivity contribution in [2.24, 2.45) is 0 Å². The summed E-state index contributed by atoms with van der Waals surface area (Å²) in [7, 11) is -19.3. The molecule has 4 aliphatic heterocycles. The predicted molar refractivity (Wildman–Crippen MR) is 521 cm³/mol. The maximum atomic E-state index is 13.4. The zero-order valence-electron chi connectivity index (χ0n) is 74.8. The zero-order valence-corrected chi connectivity index (χ0v) is 82.7. The van der Waals surface area contributed by atoms with E-state index >= 15 is 0 Å². The van der Waals surface area contributed by atoms with Crippen LogP contribution in [0.5, 0.6) is 46.0 Å². The van der Waals surface area contributed by atoms with Crippen LogP contribution in [0.25, 0.3) is 0 Å². The number of amides is 2. The number of carbonyl (C=O) groups is 2. The molecule has 0 unspecified atom stereocenters. The number of benzene rings is 10. The van der Waals surface area contributed by atoms with E-state index in [2.05, 4.69) is 24.2 Å². The van der Waals surface area contributed by atoms with Crippen LogP contribution in [0.2, 0.25) is 20.1 Å². The smallest absolute Gasteiger partial charge is 0.253 e. The number of nitrogens with one attached hydrogen (secondary N) is 5. The fourth-order valence-corrected chi connectivity index (χ4v) is 23.3. The minimum absolute atomic E-state index is 0.0572. The molecular weight excluding hydrogens is 1930 g/mol. The summed E-state index contributed by atoms with van der Waals surface area (Å²) in [4.78, 5) is 30.5. The number of likely N-dealkylation sites (tertiary alicyclic amines) is 3. The molecule has 10 aromatic rings. The molecule has 2 amide bonds. The van der Waals surface area contributed by atoms with Gasteiger partial charge in [-0.25, -0.2) is 65.3 Å². The van der Waals surface area contributed by atoms with Crippen molar-refractivity contribution >= 4 is 126 Å². The highest BCUT2D eigenvalue weighted by Crippen LogP contribution is 2.39. The number of aryl methyl sites for hydroxylation is 5. The highest BCUT2D eigenvalue weighted by molar-refractivity contribution is 7.90. The topological polar surface area (TPSA) is 410 Å². The molecular formula is C96H99Cl4N13O16S6. The van der Waals surface area contributed by atoms with E-state index in [0.717, 1.165) is 34.1 Å². The fourth-order valence-electron chi connectivity index (χ4n) is 15.1. The van der Waals surface area contributed by atoms with E-state index in [-0.39, 0.29) is 114 Å². The second-order valence-corrected chi connectivity index (χ2v) is 43.9. The van der Waals surface area contributed by atoms with Crippen molar-refractivity contribution in [2.75, 3.05) is 58.6 Å². The minimum Gasteiger partial charge on any atom is -0.456 e. The minimum atomic E-state index is -4.04. The van der Waals surface area contributed by atoms with Gasteiger partial charge in [0.15, 0.2) is 5.11 Å². The third-order valence-corrected chi connectivity index (χ3v) is 30.4. The van der Waals surface area contributed by atoms with Crippen molar-refractivity contribution < 1.29 is 70.6 Å². The van der Waals surface area contributed by atoms with Crippen LogP contribution in [0.1, 0.15) is 136 Å². The number of carbonyl (C=O) groups excluding carboxylic acids is 2. The quantitative estimate of drug-likeness (QED) is 0.0351. The number of rotatable bonds is 24. The third kappa shape index (κ3) is 29.9. The summed E-state index contributed by atoms with van der Waals surface area (Å²) in [6.45, 7) is 16.9. The lowest BCUT2D eigenvalue weighted by molar-refractivity contribution is 0.0703. The lowest BCUT2D eigenvalue weighted by Crippen LogP contribution is -2.50. The largest absolute Gasteiger partial charge is 0.456 e. The van der Waals surface area contributed by atoms with Gasteiger partial charge in [0.2, 0.25) is 50.1 Å². The predicted octanol–water partition coefficient (Wildman–Crippen LogP) is 17.5. The van der Waals surface area contributed by atoms with E-state index < -0.39 is 56.2 Å². The highest BCUT2D eigenvalue weighted by atomic mass is 35.5. The van der Waals surface area contributed by atoms with E-state index in [0.29, 0.717) is 150 Å². The SMILES string of the molecule is Cc1cc(Cl)cc(Oc2ccc(C#N)cc2S(=O)(=O)NC2CCN(C(=O)c3ccccc3)CC2)c1.Cc1cc(Cl)cc(Oc2ccc(C#N)cc2S(=O)(=O)NC2CCN(C(=S)NC(C)C)CC2)c1.Cc1cc(Cl)cc(Oc2ccc(C#N)cc2S(=O)(=O)NC2CCN(S(C)(=O)=O)CC2)c1.Cc1ccc(C(=O)N2CCC(NS(=O)(=O)c3cc(C#N)ccc3Oc3cc(C)cc(Cl)c3)CC2)cc1. The summed E-state index contributed by atoms with van der Waals surface area (Å²) in [5.74, 6) is 1.81. The molecule has 5 N–H and O–H groups in total. The molecule has 4 heterocycles. The van der Waals surface area contributed by atoms with Crippen LogP contribution >= 0.6 is 58.6 Å². The molecule has 14 rings (SSSR count). The average molecular weight is 2030 g/mol. The molecule has 0 saturated carbocycles. The molecule has 29 nitrogen and oxygen atoms in total. The Morgan fingerprint density at radius 2 is 0.615 bits per heavy atom. The van der Waals surface area contributed by atoms with Crippen LogP contribution < -0.4 is 43.2 Å². The molecule has 0 aromatic heterocycles. The molecule has 0 radical (unpaired) electrons. The molecule has 39 heteroatoms. The van der Waals surface area contributed by atoms with Crippen molar-refractivity contribution in [3.63, 3.8) is 0 Å². The Morgan fingerprint density at radius 3 is 0.867 bits per heavy atom. The molecule has 4 fully saturated rings. The highest BCUT2D eigenvalue weighted by Gasteiger charge is 2.36. The lowest BCUT2D eigenvalue weighted by Gasteiger charge is -2.34. The first kappa shape index (κ1) is 104. The standard InChI is InChI=1S/C27H26ClN3O4S.C26H24ClN3O4S.C23H27ClN4O3S2.C20H22ClN3O5S2/c1-18-3-6-21(7-4-18)27(32)31-11-9-23(10-12-31)30-36(33,34)26-15-20(17-29)5-8-25(26)35-24-14-19(2)13-22(28)16-24;1-18-13-21(27)16-23(14-18)34-24-8-7-19(17-28)15-25(24)35(32,33)29-22-9-11-30(12-10-22)26(31)20-5-3-2-4-6-20;1-15(2)26-23(32)28-8-6-19(7-9-28)27-33(29,30)22-12-17(14-25)4-5-21(22)31-20-11-16(3)10-18(24)13-20;1-14-9-16(21)12-18(10-14)29-19-4-3-15(13-22)11-20(19)31(27,28)23-17-5-7-24(8-6-17)30(2,25)26/h3-8,13-16,23,30H,9-12H2,1-2H3;2-8,13-16,22,29H,9-12H2,1H3;4-5,10-13,15,19,27H,6-9H2,1-3H3,(H,26,32);3-4,9-12,17,23H,5-8H2,1-2H3. The Balaban J connectivity index is 0.000000173. The van der Waals surface area contributed by atoms with E-state index in [4.69, 9.17) is 77.6 Å². The van der Waals surface area contributed by atoms with E-state index in [1.165, 1.54) is 77.1 Å². The Labute approximate surface area is 814 Å². The van der Waals surface area contributed by atoms with Crippen molar-refractivity contribution in [3.8, 4) is 70.3 Å². The maximum Gasteiger partial charge on any atom is 0.253 e. The van der Waals surface area contributed by atoms with Gasteiger partial charge in [0.1, 0.15) is 65.6 Å². The molecule has 4 aliphatic rings. The lowest BCUT2D eigenvalue weighted by atomic mass is 10.0. The molecule has 0 bridgehead atoms. The number of hydrogen-bond donors (Lipinski definition) is 5. The van der Waals surface area contributed by atoms with Gasteiger partial charge in [-0.3, -0.25) is 9.59 Å². The number of thiocarbonyl (C=S) groups is 1. The Morgan fingerprint density at radius 1 is 0.356 bits per heavy atom.